The van der Waals surface area contributed by atoms with E-state index in [0.29, 0.717) is 11.7 Å². The van der Waals surface area contributed by atoms with Crippen LogP contribution in [0.4, 0.5) is 0 Å². The number of benzene rings is 3. The highest BCUT2D eigenvalue weighted by atomic mass is 16.3. The van der Waals surface area contributed by atoms with Crippen LogP contribution in [-0.2, 0) is 13.0 Å². The topological polar surface area (TPSA) is 87.6 Å². The fraction of sp³-hybridized carbons (Fsp3) is 0.214. The van der Waals surface area contributed by atoms with E-state index in [1.54, 1.807) is 0 Å². The summed E-state index contributed by atoms with van der Waals surface area (Å²) in [5, 5.41) is 25.8. The van der Waals surface area contributed by atoms with E-state index in [4.69, 9.17) is 4.98 Å². The Labute approximate surface area is 197 Å². The molecular weight excluding hydrogens is 422 g/mol. The summed E-state index contributed by atoms with van der Waals surface area (Å²) in [4.78, 5) is 5.05. The van der Waals surface area contributed by atoms with E-state index in [-0.39, 0.29) is 6.61 Å². The SMILES string of the molecule is Cc1ccc2nc(C3CC3)c(Cc3ccc(-c4ccccc4-c4nnn[nH]4)cc3)c(CO)c2c1. The lowest BCUT2D eigenvalue weighted by Crippen LogP contribution is -2.05. The van der Waals surface area contributed by atoms with Gasteiger partial charge in [0, 0.05) is 22.6 Å². The molecule has 2 heterocycles. The van der Waals surface area contributed by atoms with E-state index >= 15 is 0 Å². The Bertz CT molecular complexity index is 1470. The van der Waals surface area contributed by atoms with E-state index < -0.39 is 0 Å². The molecule has 0 aliphatic heterocycles. The Hall–Kier alpha value is -3.90. The third-order valence-corrected chi connectivity index (χ3v) is 6.69. The highest BCUT2D eigenvalue weighted by Gasteiger charge is 2.29. The lowest BCUT2D eigenvalue weighted by Gasteiger charge is -2.17. The smallest absolute Gasteiger partial charge is 0.180 e. The van der Waals surface area contributed by atoms with E-state index in [2.05, 4.69) is 76.1 Å². The van der Waals surface area contributed by atoms with Crippen LogP contribution in [0.25, 0.3) is 33.4 Å². The summed E-state index contributed by atoms with van der Waals surface area (Å²) >= 11 is 0. The van der Waals surface area contributed by atoms with Crippen LogP contribution >= 0.6 is 0 Å². The lowest BCUT2D eigenvalue weighted by molar-refractivity contribution is 0.282. The van der Waals surface area contributed by atoms with Crippen LogP contribution in [0.2, 0.25) is 0 Å². The molecule has 1 aliphatic rings. The molecule has 2 N–H and O–H groups in total. The minimum atomic E-state index is 0.0220. The molecular formula is C28H25N5O. The molecule has 0 atom stereocenters. The average Bonchev–Trinajstić information content (AvgIpc) is 3.57. The number of aliphatic hydroxyl groups is 1. The van der Waals surface area contributed by atoms with Gasteiger partial charge in [0.25, 0.3) is 0 Å². The maximum atomic E-state index is 10.4. The third-order valence-electron chi connectivity index (χ3n) is 6.69. The molecule has 0 bridgehead atoms. The maximum absolute atomic E-state index is 10.4. The predicted molar refractivity (Wildman–Crippen MR) is 132 cm³/mol. The monoisotopic (exact) mass is 447 g/mol. The summed E-state index contributed by atoms with van der Waals surface area (Å²) in [6, 6.07) is 23.1. The zero-order chi connectivity index (χ0) is 23.1. The first kappa shape index (κ1) is 20.7. The van der Waals surface area contributed by atoms with Crippen LogP contribution in [-0.4, -0.2) is 30.7 Å². The summed E-state index contributed by atoms with van der Waals surface area (Å²) < 4.78 is 0. The standard InChI is InChI=1S/C28H25N5O/c1-17-6-13-26-23(14-17)25(16-34)24(27(29-26)20-11-12-20)15-18-7-9-19(10-8-18)21-4-2-3-5-22(21)28-30-32-33-31-28/h2-10,13-14,20,34H,11-12,15-16H2,1H3,(H,30,31,32,33). The normalized spacial score (nSPS) is 13.5. The molecule has 3 aromatic carbocycles. The Morgan fingerprint density at radius 2 is 1.74 bits per heavy atom. The number of aromatic amines is 1. The molecule has 5 aromatic rings. The van der Waals surface area contributed by atoms with Gasteiger partial charge >= 0.3 is 0 Å². The summed E-state index contributed by atoms with van der Waals surface area (Å²) in [6.45, 7) is 2.11. The number of H-pyrrole nitrogens is 1. The number of fused-ring (bicyclic) bond motifs is 1. The number of pyridine rings is 1. The molecule has 2 aromatic heterocycles. The Morgan fingerprint density at radius 3 is 2.44 bits per heavy atom. The fourth-order valence-electron chi connectivity index (χ4n) is 4.80. The number of nitrogens with zero attached hydrogens (tertiary/aromatic N) is 4. The van der Waals surface area contributed by atoms with Crippen molar-refractivity contribution in [3.63, 3.8) is 0 Å². The van der Waals surface area contributed by atoms with Crippen molar-refractivity contribution in [2.75, 3.05) is 0 Å². The van der Waals surface area contributed by atoms with Gasteiger partial charge in [0.15, 0.2) is 5.82 Å². The highest BCUT2D eigenvalue weighted by Crippen LogP contribution is 2.43. The zero-order valence-electron chi connectivity index (χ0n) is 19.0. The lowest BCUT2D eigenvalue weighted by atomic mass is 9.92. The van der Waals surface area contributed by atoms with Gasteiger partial charge in [-0.2, -0.15) is 0 Å². The van der Waals surface area contributed by atoms with Crippen molar-refractivity contribution in [2.45, 2.75) is 38.7 Å². The van der Waals surface area contributed by atoms with Crippen molar-refractivity contribution < 1.29 is 5.11 Å². The second kappa shape index (κ2) is 8.47. The van der Waals surface area contributed by atoms with Gasteiger partial charge in [0.05, 0.1) is 12.1 Å². The molecule has 0 amide bonds. The molecule has 0 unspecified atom stereocenters. The molecule has 34 heavy (non-hydrogen) atoms. The van der Waals surface area contributed by atoms with Gasteiger partial charge in [-0.05, 0) is 76.6 Å². The van der Waals surface area contributed by atoms with Crippen molar-refractivity contribution in [1.82, 2.24) is 25.6 Å². The van der Waals surface area contributed by atoms with Gasteiger partial charge in [0.1, 0.15) is 0 Å². The van der Waals surface area contributed by atoms with Gasteiger partial charge in [-0.15, -0.1) is 5.10 Å². The van der Waals surface area contributed by atoms with Gasteiger partial charge in [-0.25, -0.2) is 5.10 Å². The Morgan fingerprint density at radius 1 is 0.941 bits per heavy atom. The number of aryl methyl sites for hydroxylation is 1. The van der Waals surface area contributed by atoms with E-state index in [1.165, 1.54) is 29.5 Å². The molecule has 6 rings (SSSR count). The van der Waals surface area contributed by atoms with Crippen LogP contribution in [0.1, 0.15) is 46.7 Å². The van der Waals surface area contributed by atoms with Crippen LogP contribution in [0, 0.1) is 6.92 Å². The summed E-state index contributed by atoms with van der Waals surface area (Å²) in [5.74, 6) is 1.16. The van der Waals surface area contributed by atoms with Crippen molar-refractivity contribution in [3.8, 4) is 22.5 Å². The van der Waals surface area contributed by atoms with Crippen LogP contribution in [0.3, 0.4) is 0 Å². The number of hydrogen-bond acceptors (Lipinski definition) is 5. The first-order chi connectivity index (χ1) is 16.7. The summed E-state index contributed by atoms with van der Waals surface area (Å²) in [7, 11) is 0. The number of nitrogens with one attached hydrogen (secondary N) is 1. The molecule has 6 nitrogen and oxygen atoms in total. The molecule has 6 heteroatoms. The molecule has 168 valence electrons. The Balaban J connectivity index is 1.39. The molecule has 0 saturated heterocycles. The van der Waals surface area contributed by atoms with Crippen molar-refractivity contribution in [3.05, 3.63) is 94.7 Å². The van der Waals surface area contributed by atoms with Gasteiger partial charge in [-0.3, -0.25) is 4.98 Å². The third kappa shape index (κ3) is 3.76. The highest BCUT2D eigenvalue weighted by molar-refractivity contribution is 5.85. The van der Waals surface area contributed by atoms with Crippen LogP contribution in [0.15, 0.2) is 66.7 Å². The van der Waals surface area contributed by atoms with E-state index in [1.807, 2.05) is 18.2 Å². The number of hydrogen-bond donors (Lipinski definition) is 2. The molecule has 1 aliphatic carbocycles. The quantitative estimate of drug-likeness (QED) is 0.366. The molecule has 0 spiro atoms. The maximum Gasteiger partial charge on any atom is 0.180 e. The minimum Gasteiger partial charge on any atom is -0.392 e. The molecule has 1 fully saturated rings. The average molecular weight is 448 g/mol. The van der Waals surface area contributed by atoms with Gasteiger partial charge in [-0.1, -0.05) is 60.2 Å². The Kier molecular flexibility index (Phi) is 5.15. The minimum absolute atomic E-state index is 0.0220. The van der Waals surface area contributed by atoms with Crippen LogP contribution < -0.4 is 0 Å². The van der Waals surface area contributed by atoms with Gasteiger partial charge in [0.2, 0.25) is 0 Å². The van der Waals surface area contributed by atoms with Crippen LogP contribution in [0.5, 0.6) is 0 Å². The summed E-state index contributed by atoms with van der Waals surface area (Å²) in [6.07, 6.45) is 3.11. The van der Waals surface area contributed by atoms with Crippen molar-refractivity contribution in [1.29, 1.82) is 0 Å². The van der Waals surface area contributed by atoms with E-state index in [0.717, 1.165) is 45.3 Å². The first-order valence-corrected chi connectivity index (χ1v) is 11.7. The second-order valence-corrected chi connectivity index (χ2v) is 9.08. The first-order valence-electron chi connectivity index (χ1n) is 11.7. The van der Waals surface area contributed by atoms with E-state index in [9.17, 15) is 5.11 Å². The van der Waals surface area contributed by atoms with Crippen molar-refractivity contribution in [2.24, 2.45) is 0 Å². The number of rotatable bonds is 6. The largest absolute Gasteiger partial charge is 0.392 e. The predicted octanol–water partition coefficient (Wildman–Crippen LogP) is 5.35. The molecule has 1 saturated carbocycles. The number of aromatic nitrogens is 5. The summed E-state index contributed by atoms with van der Waals surface area (Å²) in [5.41, 5.74) is 9.87. The zero-order valence-corrected chi connectivity index (χ0v) is 19.0. The second-order valence-electron chi connectivity index (χ2n) is 9.08. The van der Waals surface area contributed by atoms with Gasteiger partial charge < -0.3 is 5.11 Å². The number of tetrazole rings is 1. The molecule has 0 radical (unpaired) electrons. The van der Waals surface area contributed by atoms with Crippen molar-refractivity contribution >= 4 is 10.9 Å². The number of aliphatic hydroxyl groups excluding tert-OH is 1. The fourth-order valence-corrected chi connectivity index (χ4v) is 4.80.